The van der Waals surface area contributed by atoms with Crippen LogP contribution in [0.3, 0.4) is 0 Å². The maximum absolute atomic E-state index is 12.7. The Hall–Kier alpha value is -2.96. The largest absolute Gasteiger partial charge is 0.341 e. The number of carbonyl (C=O) groups is 1. The number of pyridine rings is 2. The van der Waals surface area contributed by atoms with Gasteiger partial charge in [-0.25, -0.2) is 0 Å². The minimum absolute atomic E-state index is 0.0951. The molecule has 3 aromatic heterocycles. The van der Waals surface area contributed by atoms with Crippen LogP contribution in [0.4, 0.5) is 0 Å². The highest BCUT2D eigenvalue weighted by atomic mass is 16.2. The van der Waals surface area contributed by atoms with Crippen LogP contribution in [0.2, 0.25) is 0 Å². The number of amides is 1. The van der Waals surface area contributed by atoms with Crippen molar-refractivity contribution in [1.29, 1.82) is 0 Å². The molecule has 146 valence electrons. The molecule has 4 rings (SSSR count). The Labute approximate surface area is 163 Å². The number of hydrogen-bond acceptors (Lipinski definition) is 4. The SMILES string of the molecule is Cc1nn(CC(=O)N2CCC(c3cc4ncccc4c(=O)[nH]3)CC2)c(C)c1C. The van der Waals surface area contributed by atoms with E-state index in [1.807, 2.05) is 31.7 Å². The fraction of sp³-hybridized carbons (Fsp3) is 0.429. The molecular formula is C21H25N5O2. The predicted octanol–water partition coefficient (Wildman–Crippen LogP) is 2.45. The van der Waals surface area contributed by atoms with Gasteiger partial charge in [-0.05, 0) is 57.4 Å². The normalized spacial score (nSPS) is 15.3. The van der Waals surface area contributed by atoms with Gasteiger partial charge in [-0.1, -0.05) is 0 Å². The number of piperidine rings is 1. The molecule has 3 aromatic rings. The number of nitrogens with zero attached hydrogens (tertiary/aromatic N) is 4. The lowest BCUT2D eigenvalue weighted by molar-refractivity contribution is -0.133. The van der Waals surface area contributed by atoms with Crippen molar-refractivity contribution in [3.8, 4) is 0 Å². The third-order valence-corrected chi connectivity index (χ3v) is 5.95. The minimum Gasteiger partial charge on any atom is -0.341 e. The van der Waals surface area contributed by atoms with Gasteiger partial charge >= 0.3 is 0 Å². The Kier molecular flexibility index (Phi) is 4.75. The van der Waals surface area contributed by atoms with E-state index in [0.717, 1.165) is 41.0 Å². The Bertz CT molecular complexity index is 1090. The van der Waals surface area contributed by atoms with Crippen molar-refractivity contribution in [2.24, 2.45) is 0 Å². The standard InChI is InChI=1S/C21H25N5O2/c1-13-14(2)24-26(15(13)3)12-20(27)25-9-6-16(7-10-25)18-11-19-17(21(28)23-18)5-4-8-22-19/h4-5,8,11,16H,6-7,9-10,12H2,1-3H3,(H,23,28). The van der Waals surface area contributed by atoms with Gasteiger partial charge in [0.25, 0.3) is 5.56 Å². The molecule has 1 aliphatic rings. The molecule has 1 fully saturated rings. The number of aromatic nitrogens is 4. The number of likely N-dealkylation sites (tertiary alicyclic amines) is 1. The van der Waals surface area contributed by atoms with Gasteiger partial charge in [-0.2, -0.15) is 5.10 Å². The fourth-order valence-electron chi connectivity index (χ4n) is 3.93. The number of nitrogens with one attached hydrogen (secondary N) is 1. The fourth-order valence-corrected chi connectivity index (χ4v) is 3.93. The van der Waals surface area contributed by atoms with Crippen LogP contribution >= 0.6 is 0 Å². The summed E-state index contributed by atoms with van der Waals surface area (Å²) < 4.78 is 1.80. The summed E-state index contributed by atoms with van der Waals surface area (Å²) in [5.74, 6) is 0.330. The van der Waals surface area contributed by atoms with E-state index in [9.17, 15) is 9.59 Å². The number of rotatable bonds is 3. The van der Waals surface area contributed by atoms with Crippen LogP contribution in [0.1, 0.15) is 41.4 Å². The number of aryl methyl sites for hydroxylation is 1. The second kappa shape index (κ2) is 7.22. The Morgan fingerprint density at radius 1 is 1.25 bits per heavy atom. The lowest BCUT2D eigenvalue weighted by atomic mass is 9.92. The maximum atomic E-state index is 12.7. The van der Waals surface area contributed by atoms with Crippen molar-refractivity contribution in [2.45, 2.75) is 46.1 Å². The summed E-state index contributed by atoms with van der Waals surface area (Å²) >= 11 is 0. The van der Waals surface area contributed by atoms with E-state index in [2.05, 4.69) is 15.1 Å². The molecule has 1 amide bonds. The topological polar surface area (TPSA) is 83.9 Å². The van der Waals surface area contributed by atoms with E-state index in [0.29, 0.717) is 18.5 Å². The molecule has 7 nitrogen and oxygen atoms in total. The molecule has 0 saturated carbocycles. The van der Waals surface area contributed by atoms with Crippen molar-refractivity contribution >= 4 is 16.8 Å². The van der Waals surface area contributed by atoms with Crippen molar-refractivity contribution in [2.75, 3.05) is 13.1 Å². The number of carbonyl (C=O) groups excluding carboxylic acids is 1. The highest BCUT2D eigenvalue weighted by Gasteiger charge is 2.25. The number of fused-ring (bicyclic) bond motifs is 1. The zero-order valence-electron chi connectivity index (χ0n) is 16.5. The average Bonchev–Trinajstić information content (AvgIpc) is 2.94. The maximum Gasteiger partial charge on any atom is 0.257 e. The minimum atomic E-state index is -0.0981. The molecule has 4 heterocycles. The van der Waals surface area contributed by atoms with Crippen molar-refractivity contribution < 1.29 is 4.79 Å². The zero-order chi connectivity index (χ0) is 19.8. The van der Waals surface area contributed by atoms with Gasteiger partial charge in [0.05, 0.1) is 16.6 Å². The van der Waals surface area contributed by atoms with Crippen LogP contribution < -0.4 is 5.56 Å². The molecule has 0 radical (unpaired) electrons. The highest BCUT2D eigenvalue weighted by molar-refractivity contribution is 5.77. The summed E-state index contributed by atoms with van der Waals surface area (Å²) in [6, 6.07) is 5.52. The van der Waals surface area contributed by atoms with Crippen LogP contribution in [-0.2, 0) is 11.3 Å². The summed E-state index contributed by atoms with van der Waals surface area (Å²) in [6.07, 6.45) is 3.36. The summed E-state index contributed by atoms with van der Waals surface area (Å²) in [5, 5.41) is 5.08. The first kappa shape index (κ1) is 18.4. The molecule has 0 atom stereocenters. The molecule has 1 saturated heterocycles. The van der Waals surface area contributed by atoms with Gasteiger partial charge in [-0.15, -0.1) is 0 Å². The third-order valence-electron chi connectivity index (χ3n) is 5.95. The van der Waals surface area contributed by atoms with Gasteiger partial charge < -0.3 is 9.88 Å². The summed E-state index contributed by atoms with van der Waals surface area (Å²) in [7, 11) is 0. The van der Waals surface area contributed by atoms with Gasteiger partial charge in [0.15, 0.2) is 0 Å². The number of H-pyrrole nitrogens is 1. The third kappa shape index (κ3) is 3.32. The van der Waals surface area contributed by atoms with E-state index in [1.54, 1.807) is 23.0 Å². The number of hydrogen-bond donors (Lipinski definition) is 1. The molecule has 7 heteroatoms. The molecule has 0 unspecified atom stereocenters. The van der Waals surface area contributed by atoms with E-state index in [1.165, 1.54) is 0 Å². The first-order valence-electron chi connectivity index (χ1n) is 9.70. The second-order valence-corrected chi connectivity index (χ2v) is 7.60. The Morgan fingerprint density at radius 2 is 2.00 bits per heavy atom. The first-order chi connectivity index (χ1) is 13.4. The summed E-state index contributed by atoms with van der Waals surface area (Å²) in [4.78, 5) is 34.2. The zero-order valence-corrected chi connectivity index (χ0v) is 16.5. The Morgan fingerprint density at radius 3 is 2.68 bits per heavy atom. The van der Waals surface area contributed by atoms with E-state index in [-0.39, 0.29) is 23.9 Å². The molecular weight excluding hydrogens is 354 g/mol. The average molecular weight is 379 g/mol. The van der Waals surface area contributed by atoms with Crippen LogP contribution in [0.5, 0.6) is 0 Å². The second-order valence-electron chi connectivity index (χ2n) is 7.60. The van der Waals surface area contributed by atoms with Crippen LogP contribution in [-0.4, -0.2) is 43.6 Å². The molecule has 28 heavy (non-hydrogen) atoms. The van der Waals surface area contributed by atoms with Crippen LogP contribution in [0.25, 0.3) is 10.9 Å². The molecule has 0 aliphatic carbocycles. The molecule has 1 aliphatic heterocycles. The summed E-state index contributed by atoms with van der Waals surface area (Å²) in [5.41, 5.74) is 4.69. The van der Waals surface area contributed by atoms with Crippen molar-refractivity contribution in [1.82, 2.24) is 24.6 Å². The lowest BCUT2D eigenvalue weighted by Gasteiger charge is -2.32. The van der Waals surface area contributed by atoms with E-state index >= 15 is 0 Å². The summed E-state index contributed by atoms with van der Waals surface area (Å²) in [6.45, 7) is 7.65. The highest BCUT2D eigenvalue weighted by Crippen LogP contribution is 2.27. The molecule has 0 aromatic carbocycles. The van der Waals surface area contributed by atoms with Crippen LogP contribution in [0, 0.1) is 20.8 Å². The predicted molar refractivity (Wildman–Crippen MR) is 107 cm³/mol. The molecule has 1 N–H and O–H groups in total. The van der Waals surface area contributed by atoms with E-state index < -0.39 is 0 Å². The van der Waals surface area contributed by atoms with E-state index in [4.69, 9.17) is 0 Å². The van der Waals surface area contributed by atoms with Gasteiger partial charge in [-0.3, -0.25) is 19.3 Å². The number of aromatic amines is 1. The molecule has 0 bridgehead atoms. The smallest absolute Gasteiger partial charge is 0.257 e. The molecule has 0 spiro atoms. The monoisotopic (exact) mass is 379 g/mol. The van der Waals surface area contributed by atoms with Crippen molar-refractivity contribution in [3.63, 3.8) is 0 Å². The van der Waals surface area contributed by atoms with Crippen molar-refractivity contribution in [3.05, 3.63) is 57.4 Å². The quantitative estimate of drug-likeness (QED) is 0.758. The van der Waals surface area contributed by atoms with Crippen LogP contribution in [0.15, 0.2) is 29.2 Å². The lowest BCUT2D eigenvalue weighted by Crippen LogP contribution is -2.40. The van der Waals surface area contributed by atoms with Gasteiger partial charge in [0.2, 0.25) is 5.91 Å². The van der Waals surface area contributed by atoms with Gasteiger partial charge in [0.1, 0.15) is 6.54 Å². The first-order valence-corrected chi connectivity index (χ1v) is 9.70. The van der Waals surface area contributed by atoms with Gasteiger partial charge in [0, 0.05) is 36.6 Å². The Balaban J connectivity index is 1.44.